The Labute approximate surface area is 246 Å². The Morgan fingerprint density at radius 3 is 1.29 bits per heavy atom. The van der Waals surface area contributed by atoms with Crippen molar-refractivity contribution in [3.63, 3.8) is 0 Å². The third-order valence-corrected chi connectivity index (χ3v) is 8.39. The van der Waals surface area contributed by atoms with Crippen LogP contribution < -0.4 is 14.8 Å². The Kier molecular flexibility index (Phi) is 14.1. The van der Waals surface area contributed by atoms with Gasteiger partial charge in [0.15, 0.2) is 0 Å². The average Bonchev–Trinajstić information content (AvgIpc) is 3.00. The SMILES string of the molecule is O=C(O)c1ccc(OCCCCCCOP(=O)(OCCCCCCOc2ccc(C(=O)O)cc2)c2ccccc2)cc1. The summed E-state index contributed by atoms with van der Waals surface area (Å²) in [4.78, 5) is 21.8. The molecule has 0 fully saturated rings. The molecule has 0 aliphatic rings. The summed E-state index contributed by atoms with van der Waals surface area (Å²) < 4.78 is 36.6. The molecule has 3 aromatic carbocycles. The van der Waals surface area contributed by atoms with Crippen molar-refractivity contribution in [2.45, 2.75) is 51.4 Å². The van der Waals surface area contributed by atoms with E-state index in [1.54, 1.807) is 36.4 Å². The fourth-order valence-corrected chi connectivity index (χ4v) is 5.70. The van der Waals surface area contributed by atoms with Crippen molar-refractivity contribution >= 4 is 24.8 Å². The third kappa shape index (κ3) is 11.7. The van der Waals surface area contributed by atoms with Gasteiger partial charge in [-0.25, -0.2) is 9.59 Å². The number of carbonyl (C=O) groups is 2. The van der Waals surface area contributed by atoms with Crippen LogP contribution in [0.2, 0.25) is 0 Å². The Morgan fingerprint density at radius 1 is 0.524 bits per heavy atom. The molecule has 10 heteroatoms. The molecule has 0 saturated carbocycles. The average molecular weight is 599 g/mol. The first-order valence-corrected chi connectivity index (χ1v) is 15.8. The van der Waals surface area contributed by atoms with Crippen LogP contribution in [0, 0.1) is 0 Å². The minimum atomic E-state index is -3.43. The molecule has 0 bridgehead atoms. The molecular weight excluding hydrogens is 559 g/mol. The van der Waals surface area contributed by atoms with Gasteiger partial charge in [0.1, 0.15) is 11.5 Å². The number of benzene rings is 3. The first-order valence-electron chi connectivity index (χ1n) is 14.2. The Morgan fingerprint density at radius 2 is 0.905 bits per heavy atom. The molecule has 42 heavy (non-hydrogen) atoms. The molecule has 0 amide bonds. The van der Waals surface area contributed by atoms with Gasteiger partial charge in [-0.2, -0.15) is 0 Å². The lowest BCUT2D eigenvalue weighted by Crippen LogP contribution is -2.11. The van der Waals surface area contributed by atoms with Crippen molar-refractivity contribution in [1.82, 2.24) is 0 Å². The molecule has 226 valence electrons. The number of carboxylic acid groups (broad SMARTS) is 2. The van der Waals surface area contributed by atoms with E-state index in [0.29, 0.717) is 43.2 Å². The summed E-state index contributed by atoms with van der Waals surface area (Å²) in [6.45, 7) is 1.72. The molecule has 0 saturated heterocycles. The highest BCUT2D eigenvalue weighted by atomic mass is 31.2. The number of ether oxygens (including phenoxy) is 2. The van der Waals surface area contributed by atoms with Crippen molar-refractivity contribution < 1.29 is 42.9 Å². The topological polar surface area (TPSA) is 129 Å². The highest BCUT2D eigenvalue weighted by molar-refractivity contribution is 7.62. The number of hydrogen-bond donors (Lipinski definition) is 2. The zero-order valence-electron chi connectivity index (χ0n) is 23.7. The Hall–Kier alpha value is -3.65. The molecule has 0 radical (unpaired) electrons. The van der Waals surface area contributed by atoms with Gasteiger partial charge in [-0.15, -0.1) is 0 Å². The van der Waals surface area contributed by atoms with Gasteiger partial charge in [-0.05, 0) is 99.2 Å². The van der Waals surface area contributed by atoms with Crippen LogP contribution in [0.1, 0.15) is 72.1 Å². The number of rotatable bonds is 21. The van der Waals surface area contributed by atoms with Crippen molar-refractivity contribution in [2.24, 2.45) is 0 Å². The molecule has 0 aromatic heterocycles. The van der Waals surface area contributed by atoms with Gasteiger partial charge in [0, 0.05) is 0 Å². The summed E-state index contributed by atoms with van der Waals surface area (Å²) in [5.74, 6) is -0.646. The number of hydrogen-bond acceptors (Lipinski definition) is 7. The monoisotopic (exact) mass is 598 g/mol. The minimum absolute atomic E-state index is 0.227. The largest absolute Gasteiger partial charge is 0.494 e. The highest BCUT2D eigenvalue weighted by Crippen LogP contribution is 2.47. The van der Waals surface area contributed by atoms with E-state index < -0.39 is 19.5 Å². The smallest absolute Gasteiger partial charge is 0.361 e. The standard InChI is InChI=1S/C32H39O9P/c33-31(34)26-14-18-28(19-15-26)38-22-8-1-3-10-24-40-42(37,30-12-6-5-7-13-30)41-25-11-4-2-9-23-39-29-20-16-27(17-21-29)32(35)36/h5-7,12-21H,1-4,8-11,22-25H2,(H,33,34)(H,35,36). The van der Waals surface area contributed by atoms with Gasteiger partial charge in [0.25, 0.3) is 0 Å². The molecular formula is C32H39O9P. The zero-order chi connectivity index (χ0) is 30.0. The summed E-state index contributed by atoms with van der Waals surface area (Å²) in [5.41, 5.74) is 0.454. The third-order valence-electron chi connectivity index (χ3n) is 6.41. The van der Waals surface area contributed by atoms with E-state index in [1.165, 1.54) is 24.3 Å². The van der Waals surface area contributed by atoms with Gasteiger partial charge in [-0.3, -0.25) is 4.57 Å². The second-order valence-corrected chi connectivity index (χ2v) is 11.7. The maximum absolute atomic E-state index is 13.6. The quantitative estimate of drug-likeness (QED) is 0.0965. The summed E-state index contributed by atoms with van der Waals surface area (Å²) in [6, 6.07) is 21.7. The summed E-state index contributed by atoms with van der Waals surface area (Å²) in [7, 11) is -3.43. The second kappa shape index (κ2) is 18.0. The van der Waals surface area contributed by atoms with Crippen molar-refractivity contribution in [3.05, 3.63) is 90.0 Å². The number of aromatic carboxylic acids is 2. The lowest BCUT2D eigenvalue weighted by atomic mass is 10.2. The van der Waals surface area contributed by atoms with Crippen LogP contribution in [-0.2, 0) is 13.6 Å². The molecule has 0 heterocycles. The molecule has 3 rings (SSSR count). The molecule has 0 unspecified atom stereocenters. The lowest BCUT2D eigenvalue weighted by Gasteiger charge is -2.19. The van der Waals surface area contributed by atoms with Crippen LogP contribution in [0.4, 0.5) is 0 Å². The maximum atomic E-state index is 13.6. The van der Waals surface area contributed by atoms with Crippen molar-refractivity contribution in [1.29, 1.82) is 0 Å². The van der Waals surface area contributed by atoms with Crippen molar-refractivity contribution in [3.8, 4) is 11.5 Å². The molecule has 0 aliphatic carbocycles. The van der Waals surface area contributed by atoms with Gasteiger partial charge in [0.05, 0.1) is 42.9 Å². The summed E-state index contributed by atoms with van der Waals surface area (Å²) in [6.07, 6.45) is 6.79. The van der Waals surface area contributed by atoms with Crippen molar-refractivity contribution in [2.75, 3.05) is 26.4 Å². The minimum Gasteiger partial charge on any atom is -0.494 e. The van der Waals surface area contributed by atoms with E-state index in [4.69, 9.17) is 28.7 Å². The zero-order valence-corrected chi connectivity index (χ0v) is 24.6. The fraction of sp³-hybridized carbons (Fsp3) is 0.375. The predicted molar refractivity (Wildman–Crippen MR) is 160 cm³/mol. The maximum Gasteiger partial charge on any atom is 0.361 e. The molecule has 0 spiro atoms. The van der Waals surface area contributed by atoms with E-state index >= 15 is 0 Å². The second-order valence-electron chi connectivity index (χ2n) is 9.68. The first-order chi connectivity index (χ1) is 20.4. The van der Waals surface area contributed by atoms with Crippen LogP contribution >= 0.6 is 7.60 Å². The predicted octanol–water partition coefficient (Wildman–Crippen LogP) is 7.21. The lowest BCUT2D eigenvalue weighted by molar-refractivity contribution is 0.0686. The van der Waals surface area contributed by atoms with Gasteiger partial charge in [-0.1, -0.05) is 31.0 Å². The fourth-order valence-electron chi connectivity index (χ4n) is 4.05. The normalized spacial score (nSPS) is 11.2. The Balaban J connectivity index is 1.28. The van der Waals surface area contributed by atoms with Crippen LogP contribution in [0.5, 0.6) is 11.5 Å². The van der Waals surface area contributed by atoms with E-state index in [9.17, 15) is 14.2 Å². The van der Waals surface area contributed by atoms with Gasteiger partial charge < -0.3 is 28.7 Å². The van der Waals surface area contributed by atoms with Crippen LogP contribution in [0.25, 0.3) is 0 Å². The van der Waals surface area contributed by atoms with Crippen LogP contribution in [-0.4, -0.2) is 48.6 Å². The van der Waals surface area contributed by atoms with E-state index in [2.05, 4.69) is 0 Å². The summed E-state index contributed by atoms with van der Waals surface area (Å²) >= 11 is 0. The van der Waals surface area contributed by atoms with E-state index in [0.717, 1.165) is 51.4 Å². The van der Waals surface area contributed by atoms with Gasteiger partial charge in [0.2, 0.25) is 0 Å². The number of carboxylic acids is 2. The summed E-state index contributed by atoms with van der Waals surface area (Å²) in [5, 5.41) is 18.5. The Bertz CT molecular complexity index is 1180. The molecule has 0 atom stereocenters. The molecule has 0 aliphatic heterocycles. The van der Waals surface area contributed by atoms with Crippen LogP contribution in [0.15, 0.2) is 78.9 Å². The molecule has 3 aromatic rings. The van der Waals surface area contributed by atoms with E-state index in [1.807, 2.05) is 18.2 Å². The number of unbranched alkanes of at least 4 members (excludes halogenated alkanes) is 6. The molecule has 9 nitrogen and oxygen atoms in total. The van der Waals surface area contributed by atoms with Crippen LogP contribution in [0.3, 0.4) is 0 Å². The first kappa shape index (κ1) is 32.9. The van der Waals surface area contributed by atoms with E-state index in [-0.39, 0.29) is 11.1 Å². The molecule has 2 N–H and O–H groups in total. The van der Waals surface area contributed by atoms with Gasteiger partial charge >= 0.3 is 19.5 Å². The highest BCUT2D eigenvalue weighted by Gasteiger charge is 2.27.